The van der Waals surface area contributed by atoms with Crippen molar-refractivity contribution in [2.75, 3.05) is 0 Å². The summed E-state index contributed by atoms with van der Waals surface area (Å²) in [5.74, 6) is -0.700. The van der Waals surface area contributed by atoms with Gasteiger partial charge in [0, 0.05) is 5.56 Å². The topological polar surface area (TPSA) is 35.5 Å². The zero-order chi connectivity index (χ0) is 21.1. The number of hydrogen-bond acceptors (Lipinski definition) is 3. The monoisotopic (exact) mass is 400 g/mol. The normalized spacial score (nSPS) is 11.3. The number of ether oxygens (including phenoxy) is 2. The number of fused-ring (bicyclic) bond motifs is 1. The van der Waals surface area contributed by atoms with Crippen molar-refractivity contribution in [3.8, 4) is 11.5 Å². The maximum Gasteiger partial charge on any atom is 0.343 e. The van der Waals surface area contributed by atoms with Crippen LogP contribution in [-0.2, 0) is 5.60 Å². The molecule has 0 saturated carbocycles. The fourth-order valence-electron chi connectivity index (χ4n) is 3.44. The molecule has 4 aromatic rings. The molecular formula is C26H21FO3. The number of halogens is 1. The quantitative estimate of drug-likeness (QED) is 0.283. The van der Waals surface area contributed by atoms with E-state index in [1.807, 2.05) is 62.4 Å². The molecule has 150 valence electrons. The highest BCUT2D eigenvalue weighted by atomic mass is 19.1. The minimum absolute atomic E-state index is 0.00422. The van der Waals surface area contributed by atoms with Crippen molar-refractivity contribution in [3.63, 3.8) is 0 Å². The van der Waals surface area contributed by atoms with Gasteiger partial charge in [0.15, 0.2) is 11.6 Å². The number of hydrogen-bond donors (Lipinski definition) is 0. The predicted molar refractivity (Wildman–Crippen MR) is 115 cm³/mol. The summed E-state index contributed by atoms with van der Waals surface area (Å²) < 4.78 is 26.0. The van der Waals surface area contributed by atoms with Gasteiger partial charge in [-0.3, -0.25) is 0 Å². The molecule has 0 fully saturated rings. The molecule has 0 spiro atoms. The lowest BCUT2D eigenvalue weighted by molar-refractivity contribution is 0.0730. The van der Waals surface area contributed by atoms with E-state index in [1.54, 1.807) is 24.3 Å². The SMILES string of the molecule is CC(C)(Oc1cc(C(=O)Oc2ccccc2)ccc1F)c1cccc2ccccc12. The number of rotatable bonds is 5. The first-order chi connectivity index (χ1) is 14.4. The van der Waals surface area contributed by atoms with Crippen molar-refractivity contribution in [3.05, 3.63) is 108 Å². The third-order valence-electron chi connectivity index (χ3n) is 4.92. The molecule has 0 radical (unpaired) electrons. The Morgan fingerprint density at radius 3 is 2.33 bits per heavy atom. The summed E-state index contributed by atoms with van der Waals surface area (Å²) in [6.07, 6.45) is 0. The van der Waals surface area contributed by atoms with Crippen LogP contribution in [-0.4, -0.2) is 5.97 Å². The zero-order valence-electron chi connectivity index (χ0n) is 16.8. The van der Waals surface area contributed by atoms with Gasteiger partial charge in [-0.25, -0.2) is 9.18 Å². The second kappa shape index (κ2) is 7.99. The Balaban J connectivity index is 1.64. The molecule has 0 aliphatic rings. The van der Waals surface area contributed by atoms with Gasteiger partial charge in [0.05, 0.1) is 5.56 Å². The van der Waals surface area contributed by atoms with Gasteiger partial charge in [-0.05, 0) is 55.0 Å². The molecular weight excluding hydrogens is 379 g/mol. The van der Waals surface area contributed by atoms with E-state index in [-0.39, 0.29) is 11.3 Å². The third kappa shape index (κ3) is 4.03. The van der Waals surface area contributed by atoms with Crippen LogP contribution in [0.3, 0.4) is 0 Å². The average molecular weight is 400 g/mol. The molecule has 4 rings (SSSR count). The van der Waals surface area contributed by atoms with Crippen LogP contribution in [0.5, 0.6) is 11.5 Å². The number of carbonyl (C=O) groups is 1. The van der Waals surface area contributed by atoms with Crippen molar-refractivity contribution >= 4 is 16.7 Å². The molecule has 0 amide bonds. The lowest BCUT2D eigenvalue weighted by Crippen LogP contribution is -2.26. The van der Waals surface area contributed by atoms with Crippen molar-refractivity contribution < 1.29 is 18.7 Å². The van der Waals surface area contributed by atoms with Gasteiger partial charge in [-0.15, -0.1) is 0 Å². The fourth-order valence-corrected chi connectivity index (χ4v) is 3.44. The molecule has 3 nitrogen and oxygen atoms in total. The van der Waals surface area contributed by atoms with Crippen LogP contribution in [0, 0.1) is 5.82 Å². The van der Waals surface area contributed by atoms with E-state index in [0.717, 1.165) is 16.3 Å². The second-order valence-electron chi connectivity index (χ2n) is 7.49. The fraction of sp³-hybridized carbons (Fsp3) is 0.115. The number of benzene rings is 4. The molecule has 4 aromatic carbocycles. The standard InChI is InChI=1S/C26H21FO3/c1-26(2,22-14-8-10-18-9-6-7-13-21(18)22)30-24-17-19(15-16-23(24)27)25(28)29-20-11-4-3-5-12-20/h3-17H,1-2H3. The molecule has 30 heavy (non-hydrogen) atoms. The predicted octanol–water partition coefficient (Wildman–Crippen LogP) is 6.51. The van der Waals surface area contributed by atoms with Crippen LogP contribution in [0.2, 0.25) is 0 Å². The lowest BCUT2D eigenvalue weighted by atomic mass is 9.92. The van der Waals surface area contributed by atoms with E-state index >= 15 is 0 Å². The summed E-state index contributed by atoms with van der Waals surface area (Å²) in [7, 11) is 0. The van der Waals surface area contributed by atoms with Gasteiger partial charge in [0.25, 0.3) is 0 Å². The van der Waals surface area contributed by atoms with E-state index in [0.29, 0.717) is 5.75 Å². The summed E-state index contributed by atoms with van der Waals surface area (Å²) in [4.78, 5) is 12.5. The highest BCUT2D eigenvalue weighted by Gasteiger charge is 2.26. The minimum atomic E-state index is -0.830. The van der Waals surface area contributed by atoms with Crippen LogP contribution in [0.25, 0.3) is 10.8 Å². The van der Waals surface area contributed by atoms with Crippen molar-refractivity contribution in [1.82, 2.24) is 0 Å². The van der Waals surface area contributed by atoms with E-state index in [4.69, 9.17) is 9.47 Å². The zero-order valence-corrected chi connectivity index (χ0v) is 16.8. The highest BCUT2D eigenvalue weighted by molar-refractivity contribution is 5.91. The number of carbonyl (C=O) groups excluding carboxylic acids is 1. The Morgan fingerprint density at radius 1 is 0.833 bits per heavy atom. The Labute approximate surface area is 174 Å². The maximum absolute atomic E-state index is 14.5. The van der Waals surface area contributed by atoms with E-state index in [9.17, 15) is 9.18 Å². The van der Waals surface area contributed by atoms with Crippen LogP contribution < -0.4 is 9.47 Å². The summed E-state index contributed by atoms with van der Waals surface area (Å²) in [6, 6.07) is 26.6. The van der Waals surface area contributed by atoms with Gasteiger partial charge in [-0.2, -0.15) is 0 Å². The van der Waals surface area contributed by atoms with Crippen LogP contribution >= 0.6 is 0 Å². The van der Waals surface area contributed by atoms with Gasteiger partial charge in [0.2, 0.25) is 0 Å². The molecule has 0 bridgehead atoms. The Hall–Kier alpha value is -3.66. The lowest BCUT2D eigenvalue weighted by Gasteiger charge is -2.28. The van der Waals surface area contributed by atoms with Crippen LogP contribution in [0.1, 0.15) is 29.8 Å². The molecule has 4 heteroatoms. The maximum atomic E-state index is 14.5. The highest BCUT2D eigenvalue weighted by Crippen LogP contribution is 2.34. The first-order valence-electron chi connectivity index (χ1n) is 9.68. The molecule has 0 aliphatic heterocycles. The first-order valence-corrected chi connectivity index (χ1v) is 9.68. The molecule has 0 saturated heterocycles. The Kier molecular flexibility index (Phi) is 5.23. The van der Waals surface area contributed by atoms with Gasteiger partial charge >= 0.3 is 5.97 Å². The number of para-hydroxylation sites is 1. The van der Waals surface area contributed by atoms with Crippen LogP contribution in [0.4, 0.5) is 4.39 Å². The van der Waals surface area contributed by atoms with Crippen molar-refractivity contribution in [1.29, 1.82) is 0 Å². The summed E-state index contributed by atoms with van der Waals surface area (Å²) in [6.45, 7) is 3.76. The average Bonchev–Trinajstić information content (AvgIpc) is 2.75. The first kappa shape index (κ1) is 19.6. The minimum Gasteiger partial charge on any atom is -0.480 e. The summed E-state index contributed by atoms with van der Waals surface area (Å²) in [5, 5.41) is 2.11. The Morgan fingerprint density at radius 2 is 1.53 bits per heavy atom. The van der Waals surface area contributed by atoms with Crippen molar-refractivity contribution in [2.24, 2.45) is 0 Å². The van der Waals surface area contributed by atoms with Crippen molar-refractivity contribution in [2.45, 2.75) is 19.4 Å². The molecule has 0 atom stereocenters. The van der Waals surface area contributed by atoms with Gasteiger partial charge < -0.3 is 9.47 Å². The molecule has 0 heterocycles. The van der Waals surface area contributed by atoms with E-state index in [1.165, 1.54) is 18.2 Å². The van der Waals surface area contributed by atoms with Gasteiger partial charge in [-0.1, -0.05) is 60.7 Å². The smallest absolute Gasteiger partial charge is 0.343 e. The molecule has 0 unspecified atom stereocenters. The van der Waals surface area contributed by atoms with Crippen LogP contribution in [0.15, 0.2) is 91.0 Å². The van der Waals surface area contributed by atoms with Gasteiger partial charge in [0.1, 0.15) is 11.4 Å². The molecule has 0 aromatic heterocycles. The summed E-state index contributed by atoms with van der Waals surface area (Å²) in [5.41, 5.74) is 0.310. The van der Waals surface area contributed by atoms with E-state index in [2.05, 4.69) is 0 Å². The molecule has 0 aliphatic carbocycles. The summed E-state index contributed by atoms with van der Waals surface area (Å²) >= 11 is 0. The second-order valence-corrected chi connectivity index (χ2v) is 7.49. The largest absolute Gasteiger partial charge is 0.480 e. The Bertz CT molecular complexity index is 1190. The number of esters is 1. The third-order valence-corrected chi connectivity index (χ3v) is 4.92. The van der Waals surface area contributed by atoms with E-state index < -0.39 is 17.4 Å². The molecule has 0 N–H and O–H groups in total.